The highest BCUT2D eigenvalue weighted by Crippen LogP contribution is 2.30. The average Bonchev–Trinajstić information content (AvgIpc) is 3.29. The van der Waals surface area contributed by atoms with E-state index in [0.29, 0.717) is 13.2 Å². The van der Waals surface area contributed by atoms with E-state index >= 15 is 0 Å². The maximum absolute atomic E-state index is 12.3. The minimum absolute atomic E-state index is 0.0204. The minimum Gasteiger partial charge on any atom is -0.490 e. The van der Waals surface area contributed by atoms with Gasteiger partial charge < -0.3 is 14.8 Å². The van der Waals surface area contributed by atoms with Gasteiger partial charge in [-0.25, -0.2) is 0 Å². The summed E-state index contributed by atoms with van der Waals surface area (Å²) in [5.74, 6) is 1.07. The lowest BCUT2D eigenvalue weighted by Crippen LogP contribution is -2.43. The molecule has 2 heterocycles. The van der Waals surface area contributed by atoms with Gasteiger partial charge in [0.15, 0.2) is 0 Å². The molecule has 0 bridgehead atoms. The van der Waals surface area contributed by atoms with Crippen molar-refractivity contribution in [2.45, 2.75) is 51.2 Å². The number of aromatic nitrogens is 2. The molecule has 6 nitrogen and oxygen atoms in total. The van der Waals surface area contributed by atoms with Crippen molar-refractivity contribution in [2.24, 2.45) is 5.92 Å². The summed E-state index contributed by atoms with van der Waals surface area (Å²) >= 11 is 0. The van der Waals surface area contributed by atoms with Crippen molar-refractivity contribution in [3.63, 3.8) is 0 Å². The van der Waals surface area contributed by atoms with Crippen LogP contribution in [-0.4, -0.2) is 41.5 Å². The van der Waals surface area contributed by atoms with E-state index in [2.05, 4.69) is 22.4 Å². The van der Waals surface area contributed by atoms with E-state index < -0.39 is 0 Å². The molecule has 134 valence electrons. The number of hydrogen-bond acceptors (Lipinski definition) is 4. The number of fused-ring (bicyclic) bond motifs is 1. The summed E-state index contributed by atoms with van der Waals surface area (Å²) in [6.45, 7) is 3.32. The molecule has 4 rings (SSSR count). The molecule has 1 amide bonds. The van der Waals surface area contributed by atoms with Crippen LogP contribution in [0.4, 0.5) is 0 Å². The molecule has 1 aliphatic heterocycles. The van der Waals surface area contributed by atoms with Gasteiger partial charge in [-0.2, -0.15) is 5.10 Å². The van der Waals surface area contributed by atoms with Crippen LogP contribution in [0.25, 0.3) is 10.9 Å². The largest absolute Gasteiger partial charge is 0.490 e. The number of nitrogens with one attached hydrogen (secondary N) is 2. The van der Waals surface area contributed by atoms with Gasteiger partial charge in [0.25, 0.3) is 0 Å². The third-order valence-electron chi connectivity index (χ3n) is 5.41. The highest BCUT2D eigenvalue weighted by molar-refractivity contribution is 5.83. The standard InChI is InChI=1S/C19H25N3O3/c1-12-16-10-20-22-17(16)5-6-18(12)25-15-4-2-3-14(9-15)21-19(23)13-7-8-24-11-13/h5-6,10,13-15H,2-4,7-9,11H2,1H3,(H,20,22)(H,21,23)/t13?,14-,15+/m0/s1. The van der Waals surface area contributed by atoms with Crippen LogP contribution in [0.2, 0.25) is 0 Å². The molecule has 0 radical (unpaired) electrons. The first-order valence-corrected chi connectivity index (χ1v) is 9.18. The Kier molecular flexibility index (Phi) is 4.61. The third kappa shape index (κ3) is 3.49. The van der Waals surface area contributed by atoms with Crippen molar-refractivity contribution in [1.82, 2.24) is 15.5 Å². The van der Waals surface area contributed by atoms with E-state index in [4.69, 9.17) is 9.47 Å². The molecule has 0 spiro atoms. The Morgan fingerprint density at radius 3 is 3.12 bits per heavy atom. The fourth-order valence-corrected chi connectivity index (χ4v) is 3.89. The van der Waals surface area contributed by atoms with Crippen LogP contribution in [0.15, 0.2) is 18.3 Å². The van der Waals surface area contributed by atoms with Gasteiger partial charge in [-0.1, -0.05) is 0 Å². The number of aryl methyl sites for hydroxylation is 1. The Balaban J connectivity index is 1.38. The number of carbonyl (C=O) groups excluding carboxylic acids is 1. The van der Waals surface area contributed by atoms with Gasteiger partial charge in [0.1, 0.15) is 11.9 Å². The molecular weight excluding hydrogens is 318 g/mol. The molecule has 1 saturated heterocycles. The van der Waals surface area contributed by atoms with E-state index in [9.17, 15) is 4.79 Å². The highest BCUT2D eigenvalue weighted by Gasteiger charge is 2.29. The van der Waals surface area contributed by atoms with E-state index in [1.807, 2.05) is 18.3 Å². The number of ether oxygens (including phenoxy) is 2. The van der Waals surface area contributed by atoms with E-state index in [1.165, 1.54) is 0 Å². The quantitative estimate of drug-likeness (QED) is 0.895. The Labute approximate surface area is 147 Å². The predicted molar refractivity (Wildman–Crippen MR) is 94.6 cm³/mol. The first-order chi connectivity index (χ1) is 12.2. The molecule has 1 aromatic carbocycles. The molecule has 2 aliphatic rings. The van der Waals surface area contributed by atoms with Crippen molar-refractivity contribution in [3.8, 4) is 5.75 Å². The number of rotatable bonds is 4. The van der Waals surface area contributed by atoms with Gasteiger partial charge in [-0.3, -0.25) is 9.89 Å². The van der Waals surface area contributed by atoms with Crippen LogP contribution in [0.1, 0.15) is 37.7 Å². The van der Waals surface area contributed by atoms with Crippen LogP contribution in [0.3, 0.4) is 0 Å². The smallest absolute Gasteiger partial charge is 0.225 e. The SMILES string of the molecule is Cc1c(O[C@@H]2CCC[C@H](NC(=O)C3CCOC3)C2)ccc2[nH]ncc12. The number of amides is 1. The lowest BCUT2D eigenvalue weighted by molar-refractivity contribution is -0.126. The summed E-state index contributed by atoms with van der Waals surface area (Å²) in [6.07, 6.45) is 6.81. The second-order valence-corrected chi connectivity index (χ2v) is 7.19. The summed E-state index contributed by atoms with van der Waals surface area (Å²) in [5.41, 5.74) is 2.14. The third-order valence-corrected chi connectivity index (χ3v) is 5.41. The van der Waals surface area contributed by atoms with Crippen LogP contribution < -0.4 is 10.1 Å². The van der Waals surface area contributed by atoms with Crippen molar-refractivity contribution < 1.29 is 14.3 Å². The van der Waals surface area contributed by atoms with Gasteiger partial charge in [-0.05, 0) is 44.7 Å². The maximum atomic E-state index is 12.3. The fraction of sp³-hybridized carbons (Fsp3) is 0.579. The second-order valence-electron chi connectivity index (χ2n) is 7.19. The first kappa shape index (κ1) is 16.4. The van der Waals surface area contributed by atoms with Gasteiger partial charge in [0, 0.05) is 30.0 Å². The zero-order valence-corrected chi connectivity index (χ0v) is 14.6. The zero-order chi connectivity index (χ0) is 17.2. The molecule has 1 aromatic heterocycles. The normalized spacial score (nSPS) is 26.7. The molecule has 2 fully saturated rings. The summed E-state index contributed by atoms with van der Waals surface area (Å²) < 4.78 is 11.6. The number of hydrogen-bond donors (Lipinski definition) is 2. The molecule has 1 aliphatic carbocycles. The zero-order valence-electron chi connectivity index (χ0n) is 14.6. The van der Waals surface area contributed by atoms with Crippen LogP contribution in [0.5, 0.6) is 5.75 Å². The number of carbonyl (C=O) groups is 1. The second kappa shape index (κ2) is 7.04. The van der Waals surface area contributed by atoms with E-state index in [-0.39, 0.29) is 24.0 Å². The summed E-state index contributed by atoms with van der Waals surface area (Å²) in [5, 5.41) is 11.4. The Bertz CT molecular complexity index is 751. The number of benzene rings is 1. The molecule has 3 atom stereocenters. The molecule has 2 aromatic rings. The molecular formula is C19H25N3O3. The highest BCUT2D eigenvalue weighted by atomic mass is 16.5. The summed E-state index contributed by atoms with van der Waals surface area (Å²) in [4.78, 5) is 12.3. The molecule has 6 heteroatoms. The van der Waals surface area contributed by atoms with Gasteiger partial charge in [0.05, 0.1) is 24.2 Å². The number of aromatic amines is 1. The molecule has 1 saturated carbocycles. The first-order valence-electron chi connectivity index (χ1n) is 9.18. The predicted octanol–water partition coefficient (Wildman–Crippen LogP) is 2.71. The van der Waals surface area contributed by atoms with Gasteiger partial charge in [0.2, 0.25) is 5.91 Å². The Morgan fingerprint density at radius 1 is 1.36 bits per heavy atom. The lowest BCUT2D eigenvalue weighted by atomic mass is 9.92. The minimum atomic E-state index is 0.0204. The summed E-state index contributed by atoms with van der Waals surface area (Å²) in [6, 6.07) is 4.21. The van der Waals surface area contributed by atoms with Crippen molar-refractivity contribution in [2.75, 3.05) is 13.2 Å². The van der Waals surface area contributed by atoms with Crippen LogP contribution >= 0.6 is 0 Å². The van der Waals surface area contributed by atoms with E-state index in [0.717, 1.165) is 54.3 Å². The van der Waals surface area contributed by atoms with E-state index in [1.54, 1.807) is 0 Å². The average molecular weight is 343 g/mol. The number of nitrogens with zero attached hydrogens (tertiary/aromatic N) is 1. The molecule has 2 N–H and O–H groups in total. The number of H-pyrrole nitrogens is 1. The maximum Gasteiger partial charge on any atom is 0.225 e. The topological polar surface area (TPSA) is 76.2 Å². The molecule has 1 unspecified atom stereocenters. The monoisotopic (exact) mass is 343 g/mol. The van der Waals surface area contributed by atoms with Crippen molar-refractivity contribution in [3.05, 3.63) is 23.9 Å². The Morgan fingerprint density at radius 2 is 2.28 bits per heavy atom. The fourth-order valence-electron chi connectivity index (χ4n) is 3.89. The van der Waals surface area contributed by atoms with Crippen LogP contribution in [-0.2, 0) is 9.53 Å². The van der Waals surface area contributed by atoms with Gasteiger partial charge >= 0.3 is 0 Å². The molecule has 25 heavy (non-hydrogen) atoms. The van der Waals surface area contributed by atoms with Gasteiger partial charge in [-0.15, -0.1) is 0 Å². The van der Waals surface area contributed by atoms with Crippen molar-refractivity contribution in [1.29, 1.82) is 0 Å². The summed E-state index contributed by atoms with van der Waals surface area (Å²) in [7, 11) is 0. The van der Waals surface area contributed by atoms with Crippen molar-refractivity contribution >= 4 is 16.8 Å². The lowest BCUT2D eigenvalue weighted by Gasteiger charge is -2.31. The van der Waals surface area contributed by atoms with Crippen LogP contribution in [0, 0.1) is 12.8 Å². The Hall–Kier alpha value is -2.08.